The Balaban J connectivity index is 1.74. The van der Waals surface area contributed by atoms with E-state index in [9.17, 15) is 4.79 Å². The molecule has 0 aliphatic rings. The number of fused-ring (bicyclic) bond motifs is 1. The molecule has 0 atom stereocenters. The first kappa shape index (κ1) is 19.5. The highest BCUT2D eigenvalue weighted by molar-refractivity contribution is 5.85. The van der Waals surface area contributed by atoms with Crippen LogP contribution in [-0.2, 0) is 11.8 Å². The van der Waals surface area contributed by atoms with Crippen molar-refractivity contribution in [3.8, 4) is 34.1 Å². The molecule has 0 saturated carbocycles. The summed E-state index contributed by atoms with van der Waals surface area (Å²) in [6, 6.07) is 12.2. The highest BCUT2D eigenvalue weighted by Gasteiger charge is 2.15. The van der Waals surface area contributed by atoms with Crippen molar-refractivity contribution in [3.63, 3.8) is 0 Å². The minimum Gasteiger partial charge on any atom is -0.341 e. The first-order chi connectivity index (χ1) is 14.3. The van der Waals surface area contributed by atoms with Gasteiger partial charge in [-0.15, -0.1) is 0 Å². The van der Waals surface area contributed by atoms with Crippen molar-refractivity contribution in [2.45, 2.75) is 26.3 Å². The van der Waals surface area contributed by atoms with Gasteiger partial charge in [-0.2, -0.15) is 10.2 Å². The molecule has 0 spiro atoms. The molecule has 1 amide bonds. The van der Waals surface area contributed by atoms with Crippen LogP contribution in [0.1, 0.15) is 26.3 Å². The van der Waals surface area contributed by atoms with E-state index in [1.165, 1.54) is 6.92 Å². The third kappa shape index (κ3) is 3.96. The zero-order valence-corrected chi connectivity index (χ0v) is 17.5. The first-order valence-corrected chi connectivity index (χ1v) is 9.70. The number of aromatic nitrogens is 4. The lowest BCUT2D eigenvalue weighted by molar-refractivity contribution is -0.119. The number of aryl methyl sites for hydroxylation is 1. The molecule has 0 fully saturated rings. The zero-order valence-electron chi connectivity index (χ0n) is 17.5. The lowest BCUT2D eigenvalue weighted by Gasteiger charge is -2.18. The van der Waals surface area contributed by atoms with Gasteiger partial charge in [-0.05, 0) is 37.1 Å². The molecule has 150 valence electrons. The normalized spacial score (nSPS) is 11.2. The zero-order chi connectivity index (χ0) is 21.3. The predicted octanol–water partition coefficient (Wildman–Crippen LogP) is 3.67. The second-order valence-electron chi connectivity index (χ2n) is 7.81. The summed E-state index contributed by atoms with van der Waals surface area (Å²) in [5, 5.41) is 11.6. The van der Waals surface area contributed by atoms with Crippen LogP contribution in [0.15, 0.2) is 61.2 Å². The number of benzene rings is 1. The molecule has 4 aromatic rings. The number of carbonyl (C=O) groups excluding carboxylic acids is 1. The highest BCUT2D eigenvalue weighted by atomic mass is 16.1. The van der Waals surface area contributed by atoms with Gasteiger partial charge in [0.15, 0.2) is 0 Å². The van der Waals surface area contributed by atoms with Crippen LogP contribution in [0.4, 0.5) is 0 Å². The molecule has 0 aliphatic carbocycles. The van der Waals surface area contributed by atoms with E-state index in [4.69, 9.17) is 0 Å². The second-order valence-corrected chi connectivity index (χ2v) is 7.81. The van der Waals surface area contributed by atoms with E-state index in [-0.39, 0.29) is 5.91 Å². The van der Waals surface area contributed by atoms with Crippen molar-refractivity contribution in [2.24, 2.45) is 7.05 Å². The quantitative estimate of drug-likeness (QED) is 0.537. The highest BCUT2D eigenvalue weighted by Crippen LogP contribution is 2.29. The molecule has 0 radical (unpaired) electrons. The van der Waals surface area contributed by atoms with Crippen molar-refractivity contribution in [3.05, 3.63) is 66.7 Å². The Morgan fingerprint density at radius 1 is 1.03 bits per heavy atom. The van der Waals surface area contributed by atoms with Crippen LogP contribution in [0.3, 0.4) is 0 Å². The molecule has 6 heteroatoms. The summed E-state index contributed by atoms with van der Waals surface area (Å²) in [5.41, 5.74) is 5.45. The van der Waals surface area contributed by atoms with Crippen LogP contribution >= 0.6 is 0 Å². The maximum Gasteiger partial charge on any atom is 0.218 e. The number of nitrogens with one attached hydrogen (secondary N) is 1. The summed E-state index contributed by atoms with van der Waals surface area (Å²) in [4.78, 5) is 11.4. The van der Waals surface area contributed by atoms with Gasteiger partial charge in [0, 0.05) is 37.5 Å². The molecule has 6 nitrogen and oxygen atoms in total. The van der Waals surface area contributed by atoms with Crippen molar-refractivity contribution in [1.82, 2.24) is 24.7 Å². The molecule has 3 aromatic heterocycles. The molecule has 0 bridgehead atoms. The fourth-order valence-corrected chi connectivity index (χ4v) is 3.46. The lowest BCUT2D eigenvalue weighted by atomic mass is 10.0. The Morgan fingerprint density at radius 3 is 2.43 bits per heavy atom. The van der Waals surface area contributed by atoms with Crippen LogP contribution in [0.2, 0.25) is 0 Å². The van der Waals surface area contributed by atoms with Crippen molar-refractivity contribution < 1.29 is 4.79 Å². The Kier molecular flexibility index (Phi) is 4.88. The van der Waals surface area contributed by atoms with Gasteiger partial charge in [-0.3, -0.25) is 9.48 Å². The molecule has 3 heterocycles. The third-order valence-corrected chi connectivity index (χ3v) is 4.77. The Hall–Kier alpha value is -3.85. The van der Waals surface area contributed by atoms with E-state index in [0.29, 0.717) is 0 Å². The van der Waals surface area contributed by atoms with Gasteiger partial charge in [0.1, 0.15) is 0 Å². The van der Waals surface area contributed by atoms with Crippen LogP contribution < -0.4 is 5.32 Å². The molecule has 30 heavy (non-hydrogen) atoms. The predicted molar refractivity (Wildman–Crippen MR) is 118 cm³/mol. The molecule has 0 aliphatic heterocycles. The molecule has 1 aromatic carbocycles. The summed E-state index contributed by atoms with van der Waals surface area (Å²) in [6.45, 7) is 5.26. The van der Waals surface area contributed by atoms with Crippen molar-refractivity contribution in [1.29, 1.82) is 0 Å². The summed E-state index contributed by atoms with van der Waals surface area (Å²) in [6.07, 6.45) is 7.62. The first-order valence-electron chi connectivity index (χ1n) is 9.70. The average Bonchev–Trinajstić information content (AvgIpc) is 3.32. The monoisotopic (exact) mass is 397 g/mol. The van der Waals surface area contributed by atoms with E-state index in [1.54, 1.807) is 4.68 Å². The van der Waals surface area contributed by atoms with Crippen molar-refractivity contribution >= 4 is 11.4 Å². The van der Waals surface area contributed by atoms with Crippen molar-refractivity contribution in [2.75, 3.05) is 0 Å². The minimum absolute atomic E-state index is 0.105. The lowest BCUT2D eigenvalue weighted by Crippen LogP contribution is -2.40. The number of rotatable bonds is 3. The number of nitrogens with zero attached hydrogens (tertiary/aromatic N) is 4. The topological polar surface area (TPSA) is 64.2 Å². The standard InChI is InChI=1S/C24H23N5O/c1-17(30)27-24(2,3)12-11-20-6-5-13-29-23(20)22(15-26-29)19-9-7-18(8-10-19)21-14-25-28(4)16-21/h5-10,13-16H,1-4H3,(H,27,30). The molecule has 4 rings (SSSR count). The van der Waals surface area contributed by atoms with E-state index in [1.807, 2.05) is 62.3 Å². The molecule has 0 unspecified atom stereocenters. The molecular weight excluding hydrogens is 374 g/mol. The van der Waals surface area contributed by atoms with Gasteiger partial charge in [0.05, 0.1) is 29.0 Å². The average molecular weight is 397 g/mol. The van der Waals surface area contributed by atoms with E-state index >= 15 is 0 Å². The van der Waals surface area contributed by atoms with E-state index in [2.05, 4.69) is 51.6 Å². The SMILES string of the molecule is CC(=O)NC(C)(C)C#Cc1cccn2ncc(-c3ccc(-c4cnn(C)c4)cc3)c12. The molecular formula is C24H23N5O. The van der Waals surface area contributed by atoms with Gasteiger partial charge in [0.2, 0.25) is 5.91 Å². The van der Waals surface area contributed by atoms with E-state index in [0.717, 1.165) is 33.3 Å². The van der Waals surface area contributed by atoms with Crippen LogP contribution in [0, 0.1) is 11.8 Å². The number of hydrogen-bond acceptors (Lipinski definition) is 3. The third-order valence-electron chi connectivity index (χ3n) is 4.77. The molecule has 1 N–H and O–H groups in total. The number of hydrogen-bond donors (Lipinski definition) is 1. The number of carbonyl (C=O) groups is 1. The maximum absolute atomic E-state index is 11.4. The van der Waals surface area contributed by atoms with E-state index < -0.39 is 5.54 Å². The number of pyridine rings is 1. The van der Waals surface area contributed by atoms with Crippen LogP contribution in [-0.4, -0.2) is 30.8 Å². The summed E-state index contributed by atoms with van der Waals surface area (Å²) in [7, 11) is 1.91. The molecule has 0 saturated heterocycles. The van der Waals surface area contributed by atoms with Gasteiger partial charge < -0.3 is 5.32 Å². The summed E-state index contributed by atoms with van der Waals surface area (Å²) >= 11 is 0. The van der Waals surface area contributed by atoms with Crippen LogP contribution in [0.25, 0.3) is 27.8 Å². The largest absolute Gasteiger partial charge is 0.341 e. The van der Waals surface area contributed by atoms with Gasteiger partial charge >= 0.3 is 0 Å². The van der Waals surface area contributed by atoms with Crippen LogP contribution in [0.5, 0.6) is 0 Å². The Labute approximate surface area is 175 Å². The van der Waals surface area contributed by atoms with Gasteiger partial charge in [-0.25, -0.2) is 4.52 Å². The second kappa shape index (κ2) is 7.53. The fourth-order valence-electron chi connectivity index (χ4n) is 3.46. The smallest absolute Gasteiger partial charge is 0.218 e. The fraction of sp³-hybridized carbons (Fsp3) is 0.208. The van der Waals surface area contributed by atoms with Gasteiger partial charge in [0.25, 0.3) is 0 Å². The summed E-state index contributed by atoms with van der Waals surface area (Å²) in [5.74, 6) is 6.30. The van der Waals surface area contributed by atoms with Gasteiger partial charge in [-0.1, -0.05) is 36.1 Å². The Bertz CT molecular complexity index is 1280. The minimum atomic E-state index is -0.621. The summed E-state index contributed by atoms with van der Waals surface area (Å²) < 4.78 is 3.63. The number of amides is 1. The Morgan fingerprint density at radius 2 is 1.77 bits per heavy atom. The maximum atomic E-state index is 11.4.